The molecule has 0 aliphatic carbocycles. The lowest BCUT2D eigenvalue weighted by atomic mass is 10.2. The summed E-state index contributed by atoms with van der Waals surface area (Å²) in [5.74, 6) is 0.0681. The van der Waals surface area contributed by atoms with Gasteiger partial charge in [-0.25, -0.2) is 9.78 Å². The highest BCUT2D eigenvalue weighted by Gasteiger charge is 2.12. The molecule has 104 valence electrons. The lowest BCUT2D eigenvalue weighted by Crippen LogP contribution is -2.06. The van der Waals surface area contributed by atoms with E-state index in [0.717, 1.165) is 5.56 Å². The molecule has 20 heavy (non-hydrogen) atoms. The SMILES string of the molecule is COC(=O)c1ccc(N)c(Oc2ccc(CO)cc2)n1. The van der Waals surface area contributed by atoms with Crippen LogP contribution in [0.15, 0.2) is 36.4 Å². The van der Waals surface area contributed by atoms with Gasteiger partial charge in [0.15, 0.2) is 5.69 Å². The molecule has 0 spiro atoms. The predicted octanol–water partition coefficient (Wildman–Crippen LogP) is 1.73. The number of rotatable bonds is 4. The number of anilines is 1. The van der Waals surface area contributed by atoms with Crippen LogP contribution < -0.4 is 10.5 Å². The van der Waals surface area contributed by atoms with E-state index in [0.29, 0.717) is 11.4 Å². The van der Waals surface area contributed by atoms with Crippen molar-refractivity contribution in [3.63, 3.8) is 0 Å². The summed E-state index contributed by atoms with van der Waals surface area (Å²) in [4.78, 5) is 15.4. The molecule has 0 saturated carbocycles. The number of hydrogen-bond donors (Lipinski definition) is 2. The molecule has 6 heteroatoms. The van der Waals surface area contributed by atoms with E-state index in [-0.39, 0.29) is 18.2 Å². The molecular formula is C14H14N2O4. The molecule has 3 N–H and O–H groups in total. The smallest absolute Gasteiger partial charge is 0.356 e. The van der Waals surface area contributed by atoms with Crippen LogP contribution in [0.3, 0.4) is 0 Å². The summed E-state index contributed by atoms with van der Waals surface area (Å²) in [7, 11) is 1.27. The lowest BCUT2D eigenvalue weighted by Gasteiger charge is -2.09. The minimum absolute atomic E-state index is 0.0432. The van der Waals surface area contributed by atoms with Crippen LogP contribution in [-0.4, -0.2) is 23.2 Å². The van der Waals surface area contributed by atoms with Crippen LogP contribution in [0.25, 0.3) is 0 Å². The quantitative estimate of drug-likeness (QED) is 0.824. The molecule has 0 amide bonds. The Balaban J connectivity index is 2.25. The Morgan fingerprint density at radius 3 is 2.55 bits per heavy atom. The second kappa shape index (κ2) is 6.03. The minimum Gasteiger partial charge on any atom is -0.464 e. The van der Waals surface area contributed by atoms with Crippen molar-refractivity contribution in [2.45, 2.75) is 6.61 Å². The van der Waals surface area contributed by atoms with Crippen molar-refractivity contribution in [1.29, 1.82) is 0 Å². The first-order chi connectivity index (χ1) is 9.63. The van der Waals surface area contributed by atoms with Gasteiger partial charge >= 0.3 is 5.97 Å². The number of aromatic nitrogens is 1. The summed E-state index contributed by atoms with van der Waals surface area (Å²) in [5.41, 5.74) is 6.94. The van der Waals surface area contributed by atoms with Crippen molar-refractivity contribution >= 4 is 11.7 Å². The van der Waals surface area contributed by atoms with Gasteiger partial charge in [-0.15, -0.1) is 0 Å². The number of ether oxygens (including phenoxy) is 2. The Kier molecular flexibility index (Phi) is 4.17. The zero-order valence-corrected chi connectivity index (χ0v) is 10.9. The monoisotopic (exact) mass is 274 g/mol. The van der Waals surface area contributed by atoms with E-state index >= 15 is 0 Å². The van der Waals surface area contributed by atoms with Crippen LogP contribution in [-0.2, 0) is 11.3 Å². The first kappa shape index (κ1) is 13.8. The van der Waals surface area contributed by atoms with Gasteiger partial charge in [-0.2, -0.15) is 0 Å². The van der Waals surface area contributed by atoms with E-state index in [9.17, 15) is 4.79 Å². The van der Waals surface area contributed by atoms with Gasteiger partial charge in [0, 0.05) is 0 Å². The maximum absolute atomic E-state index is 11.4. The average molecular weight is 274 g/mol. The molecular weight excluding hydrogens is 260 g/mol. The fraction of sp³-hybridized carbons (Fsp3) is 0.143. The van der Waals surface area contributed by atoms with Gasteiger partial charge in [0.1, 0.15) is 5.75 Å². The standard InChI is InChI=1S/C14H14N2O4/c1-19-14(18)12-7-6-11(15)13(16-12)20-10-4-2-9(8-17)3-5-10/h2-7,17H,8,15H2,1H3. The Morgan fingerprint density at radius 1 is 1.25 bits per heavy atom. The molecule has 0 aliphatic rings. The van der Waals surface area contributed by atoms with Gasteiger partial charge in [0.05, 0.1) is 19.4 Å². The fourth-order valence-electron chi connectivity index (χ4n) is 1.53. The molecule has 0 saturated heterocycles. The van der Waals surface area contributed by atoms with Crippen molar-refractivity contribution in [1.82, 2.24) is 4.98 Å². The van der Waals surface area contributed by atoms with Crippen LogP contribution in [0.1, 0.15) is 16.1 Å². The van der Waals surface area contributed by atoms with Crippen LogP contribution >= 0.6 is 0 Å². The summed E-state index contributed by atoms with van der Waals surface area (Å²) in [6.45, 7) is -0.0432. The molecule has 0 unspecified atom stereocenters. The third kappa shape index (κ3) is 3.04. The second-order valence-electron chi connectivity index (χ2n) is 3.99. The van der Waals surface area contributed by atoms with Gasteiger partial charge in [-0.05, 0) is 29.8 Å². The van der Waals surface area contributed by atoms with E-state index in [1.807, 2.05) is 0 Å². The third-order valence-corrected chi connectivity index (χ3v) is 2.60. The van der Waals surface area contributed by atoms with Gasteiger partial charge in [-0.3, -0.25) is 0 Å². The molecule has 0 bridgehead atoms. The Morgan fingerprint density at radius 2 is 1.95 bits per heavy atom. The number of nitrogens with two attached hydrogens (primary N) is 1. The number of pyridine rings is 1. The molecule has 1 aromatic carbocycles. The number of carbonyl (C=O) groups excluding carboxylic acids is 1. The van der Waals surface area contributed by atoms with Gasteiger partial charge < -0.3 is 20.3 Å². The Bertz CT molecular complexity index is 611. The summed E-state index contributed by atoms with van der Waals surface area (Å²) in [6.07, 6.45) is 0. The highest BCUT2D eigenvalue weighted by molar-refractivity contribution is 5.87. The van der Waals surface area contributed by atoms with E-state index in [2.05, 4.69) is 9.72 Å². The number of nitrogen functional groups attached to an aromatic ring is 1. The second-order valence-corrected chi connectivity index (χ2v) is 3.99. The van der Waals surface area contributed by atoms with Crippen molar-refractivity contribution in [3.8, 4) is 11.6 Å². The molecule has 0 aliphatic heterocycles. The third-order valence-electron chi connectivity index (χ3n) is 2.60. The van der Waals surface area contributed by atoms with Crippen molar-refractivity contribution in [2.75, 3.05) is 12.8 Å². The minimum atomic E-state index is -0.564. The topological polar surface area (TPSA) is 94.7 Å². The maximum atomic E-state index is 11.4. The van der Waals surface area contributed by atoms with Gasteiger partial charge in [0.2, 0.25) is 5.88 Å². The van der Waals surface area contributed by atoms with Crippen molar-refractivity contribution in [3.05, 3.63) is 47.7 Å². The largest absolute Gasteiger partial charge is 0.464 e. The van der Waals surface area contributed by atoms with E-state index in [1.165, 1.54) is 19.2 Å². The molecule has 1 aromatic heterocycles. The Hall–Kier alpha value is -2.60. The molecule has 0 atom stereocenters. The molecule has 2 aromatic rings. The van der Waals surface area contributed by atoms with E-state index in [4.69, 9.17) is 15.6 Å². The normalized spacial score (nSPS) is 10.1. The maximum Gasteiger partial charge on any atom is 0.356 e. The predicted molar refractivity (Wildman–Crippen MR) is 72.4 cm³/mol. The number of hydrogen-bond acceptors (Lipinski definition) is 6. The summed E-state index contributed by atoms with van der Waals surface area (Å²) < 4.78 is 10.1. The van der Waals surface area contributed by atoms with E-state index in [1.54, 1.807) is 24.3 Å². The van der Waals surface area contributed by atoms with Crippen LogP contribution in [0.2, 0.25) is 0 Å². The lowest BCUT2D eigenvalue weighted by molar-refractivity contribution is 0.0593. The zero-order chi connectivity index (χ0) is 14.5. The highest BCUT2D eigenvalue weighted by atomic mass is 16.5. The van der Waals surface area contributed by atoms with Crippen molar-refractivity contribution in [2.24, 2.45) is 0 Å². The van der Waals surface area contributed by atoms with E-state index < -0.39 is 5.97 Å². The fourth-order valence-corrected chi connectivity index (χ4v) is 1.53. The summed E-state index contributed by atoms with van der Waals surface area (Å²) in [5, 5.41) is 8.96. The van der Waals surface area contributed by atoms with Crippen LogP contribution in [0.5, 0.6) is 11.6 Å². The number of benzene rings is 1. The first-order valence-electron chi connectivity index (χ1n) is 5.86. The number of carbonyl (C=O) groups is 1. The molecule has 2 rings (SSSR count). The molecule has 0 radical (unpaired) electrons. The summed E-state index contributed by atoms with van der Waals surface area (Å²) >= 11 is 0. The van der Waals surface area contributed by atoms with Gasteiger partial charge in [0.25, 0.3) is 0 Å². The summed E-state index contributed by atoms with van der Waals surface area (Å²) in [6, 6.07) is 9.78. The molecule has 0 fully saturated rings. The molecule has 1 heterocycles. The number of aliphatic hydroxyl groups excluding tert-OH is 1. The van der Waals surface area contributed by atoms with Crippen molar-refractivity contribution < 1.29 is 19.4 Å². The number of nitrogens with zero attached hydrogens (tertiary/aromatic N) is 1. The number of aliphatic hydroxyl groups is 1. The zero-order valence-electron chi connectivity index (χ0n) is 10.9. The van der Waals surface area contributed by atoms with Crippen LogP contribution in [0, 0.1) is 0 Å². The van der Waals surface area contributed by atoms with Gasteiger partial charge in [-0.1, -0.05) is 12.1 Å². The number of methoxy groups -OCH3 is 1. The highest BCUT2D eigenvalue weighted by Crippen LogP contribution is 2.25. The van der Waals surface area contributed by atoms with Crippen LogP contribution in [0.4, 0.5) is 5.69 Å². The molecule has 6 nitrogen and oxygen atoms in total. The Labute approximate surface area is 115 Å². The average Bonchev–Trinajstić information content (AvgIpc) is 2.49. The first-order valence-corrected chi connectivity index (χ1v) is 5.86. The number of esters is 1.